The molecule has 0 unspecified atom stereocenters. The summed E-state index contributed by atoms with van der Waals surface area (Å²) >= 11 is 0. The van der Waals surface area contributed by atoms with Crippen molar-refractivity contribution in [2.45, 2.75) is 0 Å². The van der Waals surface area contributed by atoms with E-state index in [1.165, 1.54) is 0 Å². The number of carbonyl (C=O) groups is 1. The second-order valence-electron chi connectivity index (χ2n) is 4.05. The monoisotopic (exact) mass is 237 g/mol. The van der Waals surface area contributed by atoms with E-state index in [9.17, 15) is 4.79 Å². The van der Waals surface area contributed by atoms with Gasteiger partial charge in [-0.25, -0.2) is 4.98 Å². The number of H-pyrrole nitrogens is 1. The lowest BCUT2D eigenvalue weighted by atomic mass is 10.1. The number of nitrogens with one attached hydrogen (secondary N) is 1. The first-order valence-electron chi connectivity index (χ1n) is 5.58. The molecule has 0 fully saturated rings. The highest BCUT2D eigenvalue weighted by Gasteiger charge is 2.10. The summed E-state index contributed by atoms with van der Waals surface area (Å²) in [7, 11) is 0. The molecule has 1 aromatic carbocycles. The molecule has 0 aliphatic rings. The maximum absolute atomic E-state index is 11.3. The van der Waals surface area contributed by atoms with E-state index in [4.69, 9.17) is 5.73 Å². The molecule has 0 aliphatic carbocycles. The molecule has 3 N–H and O–H groups in total. The van der Waals surface area contributed by atoms with Gasteiger partial charge in [-0.15, -0.1) is 0 Å². The van der Waals surface area contributed by atoms with Crippen LogP contribution < -0.4 is 5.73 Å². The van der Waals surface area contributed by atoms with Gasteiger partial charge in [-0.2, -0.15) is 0 Å². The molecule has 3 aromatic rings. The van der Waals surface area contributed by atoms with Crippen LogP contribution in [-0.4, -0.2) is 15.9 Å². The molecule has 2 aromatic heterocycles. The Bertz CT molecular complexity index is 716. The minimum atomic E-state index is -0.451. The van der Waals surface area contributed by atoms with Crippen LogP contribution in [0.15, 0.2) is 48.8 Å². The van der Waals surface area contributed by atoms with Gasteiger partial charge in [0.2, 0.25) is 0 Å². The summed E-state index contributed by atoms with van der Waals surface area (Å²) in [6.07, 6.45) is 3.37. The number of primary amides is 1. The van der Waals surface area contributed by atoms with E-state index < -0.39 is 5.91 Å². The van der Waals surface area contributed by atoms with Gasteiger partial charge in [-0.3, -0.25) is 4.79 Å². The summed E-state index contributed by atoms with van der Waals surface area (Å²) in [5, 5.41) is 0.754. The number of aromatic nitrogens is 2. The van der Waals surface area contributed by atoms with Gasteiger partial charge in [0.05, 0.1) is 5.56 Å². The van der Waals surface area contributed by atoms with E-state index in [1.54, 1.807) is 12.4 Å². The summed E-state index contributed by atoms with van der Waals surface area (Å²) in [4.78, 5) is 18.5. The van der Waals surface area contributed by atoms with E-state index >= 15 is 0 Å². The molecule has 4 nitrogen and oxygen atoms in total. The van der Waals surface area contributed by atoms with Gasteiger partial charge in [0.25, 0.3) is 5.91 Å². The van der Waals surface area contributed by atoms with Gasteiger partial charge in [0, 0.05) is 23.3 Å². The highest BCUT2D eigenvalue weighted by molar-refractivity contribution is 6.05. The predicted molar refractivity (Wildman–Crippen MR) is 70.0 cm³/mol. The topological polar surface area (TPSA) is 71.8 Å². The Hall–Kier alpha value is -2.62. The number of hydrogen-bond acceptors (Lipinski definition) is 2. The maximum Gasteiger partial charge on any atom is 0.250 e. The molecule has 0 saturated heterocycles. The molecule has 0 saturated carbocycles. The largest absolute Gasteiger partial charge is 0.366 e. The number of carbonyl (C=O) groups excluding carboxylic acids is 1. The van der Waals surface area contributed by atoms with Gasteiger partial charge in [0.1, 0.15) is 5.65 Å². The van der Waals surface area contributed by atoms with Crippen LogP contribution in [0.5, 0.6) is 0 Å². The van der Waals surface area contributed by atoms with Crippen LogP contribution in [0.4, 0.5) is 0 Å². The van der Waals surface area contributed by atoms with Crippen LogP contribution in [0.3, 0.4) is 0 Å². The second-order valence-corrected chi connectivity index (χ2v) is 4.05. The molecule has 88 valence electrons. The fraction of sp³-hybridized carbons (Fsp3) is 0. The number of aromatic amines is 1. The normalized spacial score (nSPS) is 10.7. The van der Waals surface area contributed by atoms with Crippen molar-refractivity contribution in [2.24, 2.45) is 5.73 Å². The SMILES string of the molecule is NC(=O)c1c[nH]c2ncc(-c3ccccc3)cc12. The molecule has 0 radical (unpaired) electrons. The molecule has 0 spiro atoms. The second kappa shape index (κ2) is 4.00. The van der Waals surface area contributed by atoms with Crippen molar-refractivity contribution in [3.05, 3.63) is 54.4 Å². The highest BCUT2D eigenvalue weighted by atomic mass is 16.1. The maximum atomic E-state index is 11.3. The molecule has 18 heavy (non-hydrogen) atoms. The summed E-state index contributed by atoms with van der Waals surface area (Å²) in [6, 6.07) is 11.8. The fourth-order valence-corrected chi connectivity index (χ4v) is 2.00. The molecule has 0 atom stereocenters. The van der Waals surface area contributed by atoms with Gasteiger partial charge >= 0.3 is 0 Å². The van der Waals surface area contributed by atoms with Crippen LogP contribution in [-0.2, 0) is 0 Å². The van der Waals surface area contributed by atoms with Crippen molar-refractivity contribution < 1.29 is 4.79 Å². The van der Waals surface area contributed by atoms with Crippen molar-refractivity contribution >= 4 is 16.9 Å². The van der Waals surface area contributed by atoms with Crippen LogP contribution >= 0.6 is 0 Å². The summed E-state index contributed by atoms with van der Waals surface area (Å²) in [5.41, 5.74) is 8.49. The molecule has 1 amide bonds. The first kappa shape index (κ1) is 10.5. The highest BCUT2D eigenvalue weighted by Crippen LogP contribution is 2.24. The number of rotatable bonds is 2. The van der Waals surface area contributed by atoms with Gasteiger partial charge in [0.15, 0.2) is 0 Å². The minimum absolute atomic E-state index is 0.451. The third kappa shape index (κ3) is 1.64. The Morgan fingerprint density at radius 2 is 1.94 bits per heavy atom. The van der Waals surface area contributed by atoms with Crippen LogP contribution in [0.1, 0.15) is 10.4 Å². The molecule has 3 rings (SSSR count). The van der Waals surface area contributed by atoms with E-state index in [0.717, 1.165) is 16.5 Å². The van der Waals surface area contributed by atoms with Crippen molar-refractivity contribution in [3.8, 4) is 11.1 Å². The molecule has 4 heteroatoms. The van der Waals surface area contributed by atoms with E-state index in [2.05, 4.69) is 9.97 Å². The number of nitrogens with two attached hydrogens (primary N) is 1. The smallest absolute Gasteiger partial charge is 0.250 e. The van der Waals surface area contributed by atoms with Crippen molar-refractivity contribution in [1.82, 2.24) is 9.97 Å². The lowest BCUT2D eigenvalue weighted by Crippen LogP contribution is -2.09. The van der Waals surface area contributed by atoms with Gasteiger partial charge in [-0.1, -0.05) is 30.3 Å². The first-order chi connectivity index (χ1) is 8.75. The summed E-state index contributed by atoms with van der Waals surface area (Å²) in [5.74, 6) is -0.451. The Kier molecular flexibility index (Phi) is 2.34. The van der Waals surface area contributed by atoms with Crippen LogP contribution in [0.25, 0.3) is 22.2 Å². The third-order valence-corrected chi connectivity index (χ3v) is 2.90. The lowest BCUT2D eigenvalue weighted by Gasteiger charge is -2.01. The molecule has 0 bridgehead atoms. The van der Waals surface area contributed by atoms with E-state index in [0.29, 0.717) is 11.2 Å². The standard InChI is InChI=1S/C14H11N3O/c15-13(18)12-8-17-14-11(12)6-10(7-16-14)9-4-2-1-3-5-9/h1-8H,(H2,15,18)(H,16,17). The number of fused-ring (bicyclic) bond motifs is 1. The molecular formula is C14H11N3O. The zero-order chi connectivity index (χ0) is 12.5. The molecule has 2 heterocycles. The number of nitrogens with zero attached hydrogens (tertiary/aromatic N) is 1. The molecule has 0 aliphatic heterocycles. The van der Waals surface area contributed by atoms with E-state index in [-0.39, 0.29) is 0 Å². The average molecular weight is 237 g/mol. The summed E-state index contributed by atoms with van der Waals surface area (Å²) in [6.45, 7) is 0. The van der Waals surface area contributed by atoms with Crippen LogP contribution in [0, 0.1) is 0 Å². The Balaban J connectivity index is 2.21. The quantitative estimate of drug-likeness (QED) is 0.718. The fourth-order valence-electron chi connectivity index (χ4n) is 2.00. The predicted octanol–water partition coefficient (Wildman–Crippen LogP) is 2.33. The number of pyridine rings is 1. The summed E-state index contributed by atoms with van der Waals surface area (Å²) < 4.78 is 0. The zero-order valence-corrected chi connectivity index (χ0v) is 9.55. The van der Waals surface area contributed by atoms with Crippen molar-refractivity contribution in [3.63, 3.8) is 0 Å². The van der Waals surface area contributed by atoms with Crippen LogP contribution in [0.2, 0.25) is 0 Å². The van der Waals surface area contributed by atoms with Crippen molar-refractivity contribution in [1.29, 1.82) is 0 Å². The zero-order valence-electron chi connectivity index (χ0n) is 9.55. The minimum Gasteiger partial charge on any atom is -0.366 e. The Labute approximate surface area is 103 Å². The number of amides is 1. The van der Waals surface area contributed by atoms with Gasteiger partial charge in [-0.05, 0) is 11.6 Å². The van der Waals surface area contributed by atoms with Gasteiger partial charge < -0.3 is 10.7 Å². The molecular weight excluding hydrogens is 226 g/mol. The van der Waals surface area contributed by atoms with E-state index in [1.807, 2.05) is 36.4 Å². The lowest BCUT2D eigenvalue weighted by molar-refractivity contribution is 0.100. The number of benzene rings is 1. The van der Waals surface area contributed by atoms with Crippen molar-refractivity contribution in [2.75, 3.05) is 0 Å². The average Bonchev–Trinajstić information content (AvgIpc) is 2.82. The first-order valence-corrected chi connectivity index (χ1v) is 5.58. The Morgan fingerprint density at radius 3 is 2.67 bits per heavy atom. The third-order valence-electron chi connectivity index (χ3n) is 2.90. The number of hydrogen-bond donors (Lipinski definition) is 2. The Morgan fingerprint density at radius 1 is 1.17 bits per heavy atom.